The van der Waals surface area contributed by atoms with Crippen LogP contribution in [0.25, 0.3) is 43.1 Å². The summed E-state index contributed by atoms with van der Waals surface area (Å²) in [6.45, 7) is -3.30. The van der Waals surface area contributed by atoms with Gasteiger partial charge in [-0.15, -0.1) is 4.67 Å². The molecule has 1 fully saturated rings. The van der Waals surface area contributed by atoms with Crippen LogP contribution in [-0.2, 0) is 45.9 Å². The van der Waals surface area contributed by atoms with Crippen LogP contribution in [0, 0.1) is 0 Å². The third kappa shape index (κ3) is 6.33. The van der Waals surface area contributed by atoms with E-state index in [0.29, 0.717) is 16.5 Å². The largest absolute Gasteiger partial charge is 0.502 e. The first-order valence-corrected chi connectivity index (χ1v) is 18.9. The Morgan fingerprint density at radius 3 is 1.92 bits per heavy atom. The number of amides is 2. The quantitative estimate of drug-likeness (QED) is 0.0384. The molecule has 0 bridgehead atoms. The number of phosphoric acid groups is 3. The summed E-state index contributed by atoms with van der Waals surface area (Å²) in [5.41, 5.74) is 0.649. The fourth-order valence-corrected chi connectivity index (χ4v) is 8.15. The van der Waals surface area contributed by atoms with Gasteiger partial charge in [-0.25, -0.2) is 18.6 Å². The molecule has 252 valence electrons. The van der Waals surface area contributed by atoms with Crippen molar-refractivity contribution in [2.24, 2.45) is 0 Å². The van der Waals surface area contributed by atoms with Gasteiger partial charge in [0.1, 0.15) is 12.7 Å². The zero-order chi connectivity index (χ0) is 33.8. The number of fused-ring (bicyclic) bond motifs is 2. The number of rotatable bonds is 12. The number of carbonyl (C=O) groups is 2. The number of hydrogen-bond donors (Lipinski definition) is 3. The molecule has 0 spiro atoms. The molecule has 2 aliphatic heterocycles. The molecular formula is C29H26NO15P3. The molecule has 1 saturated heterocycles. The molecule has 48 heavy (non-hydrogen) atoms. The molecule has 0 radical (unpaired) electrons. The van der Waals surface area contributed by atoms with Gasteiger partial charge < -0.3 is 14.7 Å². The maximum Gasteiger partial charge on any atom is 0.502 e. The molecular weight excluding hydrogens is 695 g/mol. The van der Waals surface area contributed by atoms with Gasteiger partial charge in [-0.05, 0) is 49.8 Å². The maximum atomic E-state index is 13.8. The first kappa shape index (κ1) is 33.3. The van der Waals surface area contributed by atoms with Crippen LogP contribution in [0.2, 0.25) is 0 Å². The number of benzene rings is 5. The van der Waals surface area contributed by atoms with Crippen LogP contribution in [0.4, 0.5) is 0 Å². The molecule has 3 N–H and O–H groups in total. The van der Waals surface area contributed by atoms with E-state index in [2.05, 4.69) is 13.6 Å². The lowest BCUT2D eigenvalue weighted by molar-refractivity contribution is -0.269. The maximum absolute atomic E-state index is 13.8. The molecule has 2 heterocycles. The normalized spacial score (nSPS) is 21.6. The molecule has 2 aliphatic rings. The number of carbonyl (C=O) groups excluding carboxylic acids is 2. The number of nitrogens with zero attached hydrogens (tertiary/aromatic N) is 1. The Labute approximate surface area is 270 Å². The highest BCUT2D eigenvalue weighted by molar-refractivity contribution is 7.48. The topological polar surface area (TPSA) is 214 Å². The van der Waals surface area contributed by atoms with Gasteiger partial charge in [0.05, 0.1) is 33.0 Å². The summed E-state index contributed by atoms with van der Waals surface area (Å²) in [5.74, 6) is -1.14. The smallest absolute Gasteiger partial charge is 0.303 e. The summed E-state index contributed by atoms with van der Waals surface area (Å²) in [7, 11) is -13.9. The lowest BCUT2D eigenvalue weighted by Gasteiger charge is -2.33. The Bertz CT molecular complexity index is 2140. The Morgan fingerprint density at radius 1 is 0.750 bits per heavy atom. The van der Waals surface area contributed by atoms with Gasteiger partial charge in [0.25, 0.3) is 11.8 Å². The van der Waals surface area contributed by atoms with Crippen LogP contribution in [-0.4, -0.2) is 77.1 Å². The molecule has 3 atom stereocenters. The van der Waals surface area contributed by atoms with Crippen LogP contribution in [0.5, 0.6) is 0 Å². The first-order valence-electron chi connectivity index (χ1n) is 14.4. The van der Waals surface area contributed by atoms with Crippen LogP contribution in [0.15, 0.2) is 60.7 Å². The summed E-state index contributed by atoms with van der Waals surface area (Å²) in [6.07, 6.45) is -1.13. The summed E-state index contributed by atoms with van der Waals surface area (Å²) in [6, 6.07) is 19.2. The second kappa shape index (κ2) is 12.6. The monoisotopic (exact) mass is 721 g/mol. The van der Waals surface area contributed by atoms with E-state index < -0.39 is 67.8 Å². The van der Waals surface area contributed by atoms with Crippen molar-refractivity contribution in [3.8, 4) is 0 Å². The highest BCUT2D eigenvalue weighted by atomic mass is 31.2. The predicted molar refractivity (Wildman–Crippen MR) is 168 cm³/mol. The third-order valence-electron chi connectivity index (χ3n) is 7.84. The minimum Gasteiger partial charge on any atom is -0.303 e. The second-order valence-corrected chi connectivity index (χ2v) is 15.0. The van der Waals surface area contributed by atoms with E-state index in [0.717, 1.165) is 42.6 Å². The molecule has 5 aromatic carbocycles. The van der Waals surface area contributed by atoms with Crippen LogP contribution in [0.3, 0.4) is 0 Å². The van der Waals surface area contributed by atoms with Gasteiger partial charge in [0, 0.05) is 16.5 Å². The minimum atomic E-state index is -4.79. The number of hydrogen-bond acceptors (Lipinski definition) is 12. The summed E-state index contributed by atoms with van der Waals surface area (Å²) >= 11 is 0. The number of imide groups is 1. The van der Waals surface area contributed by atoms with Gasteiger partial charge in [0.2, 0.25) is 0 Å². The van der Waals surface area contributed by atoms with Gasteiger partial charge in [-0.3, -0.25) is 37.1 Å². The summed E-state index contributed by atoms with van der Waals surface area (Å²) in [5, 5.41) is 7.42. The molecule has 7 rings (SSSR count). The zero-order valence-electron chi connectivity index (χ0n) is 24.6. The van der Waals surface area contributed by atoms with Crippen molar-refractivity contribution in [2.45, 2.75) is 6.10 Å². The molecule has 3 unspecified atom stereocenters. The first-order chi connectivity index (χ1) is 22.8. The van der Waals surface area contributed by atoms with E-state index >= 15 is 0 Å². The second-order valence-electron chi connectivity index (χ2n) is 10.8. The van der Waals surface area contributed by atoms with Crippen molar-refractivity contribution in [1.82, 2.24) is 4.90 Å². The lowest BCUT2D eigenvalue weighted by Crippen LogP contribution is -2.46. The summed E-state index contributed by atoms with van der Waals surface area (Å²) in [4.78, 5) is 60.4. The van der Waals surface area contributed by atoms with E-state index in [1.165, 1.54) is 0 Å². The fraction of sp³-hybridized carbons (Fsp3) is 0.241. The van der Waals surface area contributed by atoms with Gasteiger partial charge in [0.15, 0.2) is 0 Å². The van der Waals surface area contributed by atoms with E-state index in [4.69, 9.17) is 28.4 Å². The third-order valence-corrected chi connectivity index (χ3v) is 10.7. The Hall–Kier alpha value is -3.17. The minimum absolute atomic E-state index is 0.307. The van der Waals surface area contributed by atoms with Crippen molar-refractivity contribution in [3.63, 3.8) is 0 Å². The standard InChI is InChI=1S/C29H26NO15P3/c31-28-23-9-7-21-19-5-1-3-17-4-2-6-20(25(17)19)22-8-10-24(27(23)26(21)22)29(32)30(28)15-18-16-39-45-48(38,44-18)43-14-13-42-47(36,37)41-12-11-40-46(33,34)35/h1-10,18H,11-16H2,(H,36,37)(H2,33,34,35). The molecule has 16 nitrogen and oxygen atoms in total. The molecule has 0 aromatic heterocycles. The van der Waals surface area contributed by atoms with Gasteiger partial charge in [-0.2, -0.15) is 0 Å². The Kier molecular flexibility index (Phi) is 8.76. The summed E-state index contributed by atoms with van der Waals surface area (Å²) < 4.78 is 64.0. The van der Waals surface area contributed by atoms with Crippen molar-refractivity contribution < 1.29 is 70.1 Å². The average molecular weight is 721 g/mol. The van der Waals surface area contributed by atoms with E-state index in [-0.39, 0.29) is 13.2 Å². The van der Waals surface area contributed by atoms with Crippen molar-refractivity contribution in [3.05, 3.63) is 71.8 Å². The molecule has 0 saturated carbocycles. The van der Waals surface area contributed by atoms with Crippen molar-refractivity contribution in [1.29, 1.82) is 0 Å². The molecule has 0 aliphatic carbocycles. The molecule has 5 aromatic rings. The van der Waals surface area contributed by atoms with Crippen LogP contribution in [0.1, 0.15) is 20.7 Å². The lowest BCUT2D eigenvalue weighted by atomic mass is 9.85. The predicted octanol–water partition coefficient (Wildman–Crippen LogP) is 5.05. The average Bonchev–Trinajstić information content (AvgIpc) is 3.04. The van der Waals surface area contributed by atoms with Gasteiger partial charge in [-0.1, -0.05) is 48.5 Å². The van der Waals surface area contributed by atoms with Crippen LogP contribution >= 0.6 is 23.5 Å². The highest BCUT2D eigenvalue weighted by Crippen LogP contribution is 2.54. The van der Waals surface area contributed by atoms with E-state index in [9.17, 15) is 28.2 Å². The van der Waals surface area contributed by atoms with Crippen LogP contribution < -0.4 is 0 Å². The Morgan fingerprint density at radius 2 is 1.31 bits per heavy atom. The SMILES string of the molecule is O=C1c2ccc3c4cccc5cccc(c6ccc(c2c36)C(=O)N1CC1COOP(=O)(OCCOP(=O)(O)OCCOP(=O)(O)O)O1)c54. The fourth-order valence-electron chi connectivity index (χ4n) is 6.03. The van der Waals surface area contributed by atoms with Crippen molar-refractivity contribution in [2.75, 3.05) is 39.6 Å². The van der Waals surface area contributed by atoms with E-state index in [1.54, 1.807) is 12.1 Å². The van der Waals surface area contributed by atoms with Crippen molar-refractivity contribution >= 4 is 78.4 Å². The molecule has 19 heteroatoms. The molecule has 2 amide bonds. The Balaban J connectivity index is 1.04. The highest BCUT2D eigenvalue weighted by Gasteiger charge is 2.42. The van der Waals surface area contributed by atoms with E-state index in [1.807, 2.05) is 48.5 Å². The van der Waals surface area contributed by atoms with Gasteiger partial charge >= 0.3 is 23.5 Å². The zero-order valence-corrected chi connectivity index (χ0v) is 27.3. The number of phosphoric ester groups is 3.